The Bertz CT molecular complexity index is 1220. The average molecular weight is 409 g/mol. The molecule has 0 spiro atoms. The Morgan fingerprint density at radius 1 is 1.07 bits per heavy atom. The molecule has 1 aliphatic heterocycles. The van der Waals surface area contributed by atoms with Crippen LogP contribution >= 0.6 is 0 Å². The zero-order valence-corrected chi connectivity index (χ0v) is 16.7. The molecule has 0 saturated carbocycles. The minimum atomic E-state index is -3.34. The van der Waals surface area contributed by atoms with Crippen LogP contribution in [0.1, 0.15) is 30.5 Å². The van der Waals surface area contributed by atoms with Gasteiger partial charge in [-0.3, -0.25) is 19.5 Å². The summed E-state index contributed by atoms with van der Waals surface area (Å²) in [5.41, 5.74) is 4.55. The standard InChI is InChI=1S/C20H19N5O3S/c1-13(26)25-20(15-5-8-17-19(11-15)22-10-9-21-17)12-18(23-25)14-3-6-16(7-4-14)24-29(2,27)28/h3-11,20,24H,12H2,1-2H3/t20-/m0/s1. The van der Waals surface area contributed by atoms with E-state index in [-0.39, 0.29) is 11.9 Å². The number of carbonyl (C=O) groups excluding carboxylic acids is 1. The Morgan fingerprint density at radius 2 is 1.76 bits per heavy atom. The van der Waals surface area contributed by atoms with Crippen LogP contribution in [-0.2, 0) is 14.8 Å². The number of fused-ring (bicyclic) bond motifs is 1. The molecule has 148 valence electrons. The van der Waals surface area contributed by atoms with Crippen molar-refractivity contribution in [1.82, 2.24) is 15.0 Å². The molecule has 1 atom stereocenters. The molecule has 0 radical (unpaired) electrons. The molecule has 1 N–H and O–H groups in total. The van der Waals surface area contributed by atoms with Crippen LogP contribution in [-0.4, -0.2) is 41.3 Å². The summed E-state index contributed by atoms with van der Waals surface area (Å²) in [5, 5.41) is 6.01. The Kier molecular flexibility index (Phi) is 4.75. The third-order valence-electron chi connectivity index (χ3n) is 4.63. The minimum Gasteiger partial charge on any atom is -0.284 e. The van der Waals surface area contributed by atoms with Crippen molar-refractivity contribution in [2.24, 2.45) is 5.10 Å². The van der Waals surface area contributed by atoms with Crippen LogP contribution in [0.5, 0.6) is 0 Å². The number of hydrogen-bond donors (Lipinski definition) is 1. The van der Waals surface area contributed by atoms with Crippen molar-refractivity contribution in [3.05, 3.63) is 66.0 Å². The predicted octanol–water partition coefficient (Wildman–Crippen LogP) is 2.70. The lowest BCUT2D eigenvalue weighted by Crippen LogP contribution is -2.24. The van der Waals surface area contributed by atoms with E-state index in [0.717, 1.165) is 34.1 Å². The molecule has 0 saturated heterocycles. The van der Waals surface area contributed by atoms with E-state index in [1.165, 1.54) is 11.9 Å². The number of hydrazone groups is 1. The smallest absolute Gasteiger partial charge is 0.240 e. The largest absolute Gasteiger partial charge is 0.284 e. The van der Waals surface area contributed by atoms with Crippen molar-refractivity contribution in [2.45, 2.75) is 19.4 Å². The Morgan fingerprint density at radius 3 is 2.41 bits per heavy atom. The van der Waals surface area contributed by atoms with Crippen molar-refractivity contribution >= 4 is 38.4 Å². The molecule has 1 aliphatic rings. The van der Waals surface area contributed by atoms with E-state index >= 15 is 0 Å². The maximum Gasteiger partial charge on any atom is 0.240 e. The molecule has 2 aromatic carbocycles. The molecule has 9 heteroatoms. The molecule has 8 nitrogen and oxygen atoms in total. The number of nitrogens with one attached hydrogen (secondary N) is 1. The quantitative estimate of drug-likeness (QED) is 0.713. The van der Waals surface area contributed by atoms with Crippen LogP contribution in [0.25, 0.3) is 11.0 Å². The summed E-state index contributed by atoms with van der Waals surface area (Å²) in [6.07, 6.45) is 4.93. The van der Waals surface area contributed by atoms with Crippen LogP contribution in [0.3, 0.4) is 0 Å². The molecule has 29 heavy (non-hydrogen) atoms. The Balaban J connectivity index is 1.63. The number of aromatic nitrogens is 2. The summed E-state index contributed by atoms with van der Waals surface area (Å²) in [4.78, 5) is 20.8. The SMILES string of the molecule is CC(=O)N1N=C(c2ccc(NS(C)(=O)=O)cc2)C[C@H]1c1ccc2nccnc2c1. The van der Waals surface area contributed by atoms with Gasteiger partial charge in [-0.1, -0.05) is 18.2 Å². The fourth-order valence-corrected chi connectivity index (χ4v) is 3.93. The fraction of sp³-hybridized carbons (Fsp3) is 0.200. The molecule has 4 rings (SSSR count). The molecule has 2 heterocycles. The second-order valence-corrected chi connectivity index (χ2v) is 8.63. The summed E-state index contributed by atoms with van der Waals surface area (Å²) in [6.45, 7) is 1.49. The molecule has 0 aliphatic carbocycles. The summed E-state index contributed by atoms with van der Waals surface area (Å²) in [6, 6.07) is 12.5. The first kappa shape index (κ1) is 19.0. The van der Waals surface area contributed by atoms with Gasteiger partial charge in [-0.25, -0.2) is 13.4 Å². The number of hydrogen-bond acceptors (Lipinski definition) is 6. The normalized spacial score (nSPS) is 16.7. The first-order valence-electron chi connectivity index (χ1n) is 8.96. The molecule has 1 aromatic heterocycles. The topological polar surface area (TPSA) is 105 Å². The van der Waals surface area contributed by atoms with Gasteiger partial charge in [0.2, 0.25) is 15.9 Å². The number of carbonyl (C=O) groups is 1. The van der Waals surface area contributed by atoms with Crippen molar-refractivity contribution in [2.75, 3.05) is 11.0 Å². The second-order valence-electron chi connectivity index (χ2n) is 6.89. The van der Waals surface area contributed by atoms with Gasteiger partial charge in [0.15, 0.2) is 0 Å². The molecular weight excluding hydrogens is 390 g/mol. The summed E-state index contributed by atoms with van der Waals surface area (Å²) < 4.78 is 25.2. The van der Waals surface area contributed by atoms with Gasteiger partial charge < -0.3 is 0 Å². The second kappa shape index (κ2) is 7.25. The molecule has 0 fully saturated rings. The lowest BCUT2D eigenvalue weighted by molar-refractivity contribution is -0.130. The van der Waals surface area contributed by atoms with E-state index in [2.05, 4.69) is 19.8 Å². The van der Waals surface area contributed by atoms with Gasteiger partial charge in [-0.15, -0.1) is 0 Å². The Hall–Kier alpha value is -3.33. The lowest BCUT2D eigenvalue weighted by atomic mass is 9.98. The van der Waals surface area contributed by atoms with E-state index < -0.39 is 10.0 Å². The third-order valence-corrected chi connectivity index (χ3v) is 5.24. The monoisotopic (exact) mass is 409 g/mol. The number of anilines is 1. The zero-order valence-electron chi connectivity index (χ0n) is 15.9. The van der Waals surface area contributed by atoms with Crippen LogP contribution < -0.4 is 4.72 Å². The van der Waals surface area contributed by atoms with E-state index in [1.54, 1.807) is 36.7 Å². The fourth-order valence-electron chi connectivity index (χ4n) is 3.37. The molecule has 0 unspecified atom stereocenters. The lowest BCUT2D eigenvalue weighted by Gasteiger charge is -2.20. The van der Waals surface area contributed by atoms with E-state index in [1.807, 2.05) is 18.2 Å². The van der Waals surface area contributed by atoms with Gasteiger partial charge in [0.05, 0.1) is 29.0 Å². The zero-order chi connectivity index (χ0) is 20.6. The highest BCUT2D eigenvalue weighted by molar-refractivity contribution is 7.92. The van der Waals surface area contributed by atoms with Gasteiger partial charge in [-0.05, 0) is 35.4 Å². The summed E-state index contributed by atoms with van der Waals surface area (Å²) >= 11 is 0. The van der Waals surface area contributed by atoms with Crippen molar-refractivity contribution in [3.63, 3.8) is 0 Å². The van der Waals surface area contributed by atoms with Crippen LogP contribution in [0.4, 0.5) is 5.69 Å². The molecule has 1 amide bonds. The summed E-state index contributed by atoms with van der Waals surface area (Å²) in [5.74, 6) is -0.153. The van der Waals surface area contributed by atoms with E-state index in [0.29, 0.717) is 12.1 Å². The van der Waals surface area contributed by atoms with Crippen LogP contribution in [0, 0.1) is 0 Å². The molecule has 0 bridgehead atoms. The highest BCUT2D eigenvalue weighted by Gasteiger charge is 2.31. The first-order chi connectivity index (χ1) is 13.8. The average Bonchev–Trinajstić information content (AvgIpc) is 3.13. The number of rotatable bonds is 4. The van der Waals surface area contributed by atoms with Gasteiger partial charge in [0, 0.05) is 31.4 Å². The summed E-state index contributed by atoms with van der Waals surface area (Å²) in [7, 11) is -3.34. The van der Waals surface area contributed by atoms with Gasteiger partial charge in [0.1, 0.15) is 0 Å². The molecule has 3 aromatic rings. The minimum absolute atomic E-state index is 0.153. The van der Waals surface area contributed by atoms with Crippen LogP contribution in [0.15, 0.2) is 60.0 Å². The highest BCUT2D eigenvalue weighted by Crippen LogP contribution is 2.34. The van der Waals surface area contributed by atoms with Gasteiger partial charge in [0.25, 0.3) is 0 Å². The maximum absolute atomic E-state index is 12.2. The number of benzene rings is 2. The predicted molar refractivity (Wildman–Crippen MR) is 111 cm³/mol. The van der Waals surface area contributed by atoms with Crippen LogP contribution in [0.2, 0.25) is 0 Å². The van der Waals surface area contributed by atoms with Gasteiger partial charge in [-0.2, -0.15) is 5.10 Å². The number of nitrogens with zero attached hydrogens (tertiary/aromatic N) is 4. The first-order valence-corrected chi connectivity index (χ1v) is 10.9. The van der Waals surface area contributed by atoms with E-state index in [9.17, 15) is 13.2 Å². The van der Waals surface area contributed by atoms with Gasteiger partial charge >= 0.3 is 0 Å². The number of sulfonamides is 1. The van der Waals surface area contributed by atoms with Crippen molar-refractivity contribution in [1.29, 1.82) is 0 Å². The Labute approximate surface area is 168 Å². The van der Waals surface area contributed by atoms with Crippen molar-refractivity contribution in [3.8, 4) is 0 Å². The maximum atomic E-state index is 12.2. The van der Waals surface area contributed by atoms with E-state index in [4.69, 9.17) is 0 Å². The third kappa shape index (κ3) is 4.09. The highest BCUT2D eigenvalue weighted by atomic mass is 32.2. The number of amides is 1. The van der Waals surface area contributed by atoms with Crippen molar-refractivity contribution < 1.29 is 13.2 Å². The molecular formula is C20H19N5O3S.